The van der Waals surface area contributed by atoms with Gasteiger partial charge in [-0.05, 0) is 59.4 Å². The SMILES string of the molecule is CC(C)(C)C1=[C-]CC=C1.CC(C)(C)C1=[C-]CC=C1.Oc1ccc(F)cc1.Oc1ccc(F)cc1.[CH3-].[CH3-].[SiH2]=[Zr]. The normalized spacial score (nSPS) is 12.6. The first-order chi connectivity index (χ1) is 16.8. The van der Waals surface area contributed by atoms with Gasteiger partial charge in [0, 0.05) is 0 Å². The monoisotopic (exact) mass is 616 g/mol. The van der Waals surface area contributed by atoms with E-state index in [2.05, 4.69) is 78.0 Å². The summed E-state index contributed by atoms with van der Waals surface area (Å²) in [6, 6.07) is 10.0. The van der Waals surface area contributed by atoms with Crippen molar-refractivity contribution in [3.05, 3.63) is 123 Å². The number of phenols is 2. The minimum absolute atomic E-state index is 0. The molecular formula is C32H44F2O2SiZr-4. The maximum absolute atomic E-state index is 12.0. The maximum atomic E-state index is 12.0. The van der Waals surface area contributed by atoms with Crippen molar-refractivity contribution in [3.8, 4) is 11.5 Å². The molecule has 0 aromatic heterocycles. The summed E-state index contributed by atoms with van der Waals surface area (Å²) in [5.74, 6) is -0.483. The van der Waals surface area contributed by atoms with Crippen LogP contribution in [0.2, 0.25) is 0 Å². The summed E-state index contributed by atoms with van der Waals surface area (Å²) in [5.41, 5.74) is 3.30. The molecule has 0 spiro atoms. The molecule has 0 aliphatic heterocycles. The molecule has 0 amide bonds. The van der Waals surface area contributed by atoms with Crippen LogP contribution in [-0.2, 0) is 23.3 Å². The Hall–Kier alpha value is -2.04. The van der Waals surface area contributed by atoms with Crippen molar-refractivity contribution >= 4 is 6.88 Å². The molecule has 2 nitrogen and oxygen atoms in total. The van der Waals surface area contributed by atoms with Crippen LogP contribution in [0.4, 0.5) is 8.78 Å². The Morgan fingerprint density at radius 2 is 0.895 bits per heavy atom. The fourth-order valence-electron chi connectivity index (χ4n) is 2.72. The van der Waals surface area contributed by atoms with Crippen molar-refractivity contribution in [3.63, 3.8) is 0 Å². The molecule has 210 valence electrons. The van der Waals surface area contributed by atoms with E-state index in [0.29, 0.717) is 10.8 Å². The number of allylic oxidation sites excluding steroid dienone is 8. The van der Waals surface area contributed by atoms with Crippen molar-refractivity contribution < 1.29 is 42.3 Å². The molecular weight excluding hydrogens is 574 g/mol. The van der Waals surface area contributed by atoms with Crippen molar-refractivity contribution in [2.75, 3.05) is 0 Å². The van der Waals surface area contributed by atoms with Crippen molar-refractivity contribution in [1.82, 2.24) is 0 Å². The molecule has 38 heavy (non-hydrogen) atoms. The van der Waals surface area contributed by atoms with E-state index in [1.165, 1.54) is 59.7 Å². The Labute approximate surface area is 247 Å². The second-order valence-corrected chi connectivity index (χ2v) is 9.85. The minimum atomic E-state index is -0.331. The number of benzene rings is 2. The standard InChI is InChI=1S/2C9H13.2C6H5FO.2CH3.H2Si.Zr/c2*1-9(2,3)8-6-4-5-7-8;2*7-5-1-3-6(8)4-2-5;;;;/h2*4,6H,5H2,1-3H3;2*1-4,8H;2*1H3;1H2;/q2*-1;;;2*-1;;. The van der Waals surface area contributed by atoms with Gasteiger partial charge in [0.1, 0.15) is 23.1 Å². The quantitative estimate of drug-likeness (QED) is 0.230. The number of hydrogen-bond acceptors (Lipinski definition) is 2. The molecule has 0 atom stereocenters. The van der Waals surface area contributed by atoms with E-state index in [1.54, 1.807) is 23.3 Å². The summed E-state index contributed by atoms with van der Waals surface area (Å²) >= 11 is 1.58. The van der Waals surface area contributed by atoms with Crippen LogP contribution in [-0.4, -0.2) is 17.1 Å². The summed E-state index contributed by atoms with van der Waals surface area (Å²) in [6.45, 7) is 15.2. The first kappa shape index (κ1) is 40.5. The molecule has 2 aliphatic carbocycles. The van der Waals surface area contributed by atoms with Crippen molar-refractivity contribution in [2.45, 2.75) is 54.4 Å². The molecule has 0 bridgehead atoms. The van der Waals surface area contributed by atoms with Gasteiger partial charge in [-0.1, -0.05) is 41.5 Å². The van der Waals surface area contributed by atoms with Crippen LogP contribution in [0.25, 0.3) is 0 Å². The molecule has 2 aromatic rings. The molecule has 2 N–H and O–H groups in total. The van der Waals surface area contributed by atoms with Gasteiger partial charge in [-0.2, -0.15) is 12.2 Å². The van der Waals surface area contributed by atoms with Gasteiger partial charge >= 0.3 is 30.2 Å². The van der Waals surface area contributed by atoms with Crippen LogP contribution in [0.1, 0.15) is 54.4 Å². The molecule has 0 unspecified atom stereocenters. The summed E-state index contributed by atoms with van der Waals surface area (Å²) in [5, 5.41) is 17.2. The molecule has 0 heterocycles. The summed E-state index contributed by atoms with van der Waals surface area (Å²) in [4.78, 5) is 0. The number of rotatable bonds is 0. The summed E-state index contributed by atoms with van der Waals surface area (Å²) in [6.07, 6.45) is 17.3. The van der Waals surface area contributed by atoms with Crippen molar-refractivity contribution in [2.24, 2.45) is 10.8 Å². The van der Waals surface area contributed by atoms with Gasteiger partial charge in [0.25, 0.3) is 0 Å². The van der Waals surface area contributed by atoms with Gasteiger partial charge in [-0.15, -0.1) is 12.8 Å². The second kappa shape index (κ2) is 20.9. The number of aromatic hydroxyl groups is 2. The molecule has 0 radical (unpaired) electrons. The second-order valence-electron chi connectivity index (χ2n) is 9.85. The Kier molecular flexibility index (Phi) is 22.2. The Morgan fingerprint density at radius 3 is 1.03 bits per heavy atom. The van der Waals surface area contributed by atoms with Gasteiger partial charge in [0.05, 0.1) is 0 Å². The fraction of sp³-hybridized carbons (Fsp3) is 0.312. The topological polar surface area (TPSA) is 40.5 Å². The number of halogens is 2. The Bertz CT molecular complexity index is 886. The Balaban J connectivity index is -0.000000414. The fourth-order valence-corrected chi connectivity index (χ4v) is 2.72. The predicted octanol–water partition coefficient (Wildman–Crippen LogP) is 8.49. The van der Waals surface area contributed by atoms with E-state index >= 15 is 0 Å². The number of phenolic OH excluding ortho intramolecular Hbond substituents is 2. The summed E-state index contributed by atoms with van der Waals surface area (Å²) in [7, 11) is 0. The van der Waals surface area contributed by atoms with E-state index < -0.39 is 0 Å². The van der Waals surface area contributed by atoms with E-state index in [-0.39, 0.29) is 38.0 Å². The zero-order valence-corrected chi connectivity index (χ0v) is 28.1. The van der Waals surface area contributed by atoms with Crippen LogP contribution in [0.15, 0.2) is 84.0 Å². The molecule has 4 rings (SSSR count). The first-order valence-electron chi connectivity index (χ1n) is 11.6. The van der Waals surface area contributed by atoms with E-state index in [0.717, 1.165) is 12.8 Å². The average molecular weight is 618 g/mol. The third-order valence-electron chi connectivity index (χ3n) is 4.66. The summed E-state index contributed by atoms with van der Waals surface area (Å²) < 4.78 is 24.0. The molecule has 0 saturated carbocycles. The van der Waals surface area contributed by atoms with Crippen LogP contribution in [0.5, 0.6) is 11.5 Å². The van der Waals surface area contributed by atoms with Gasteiger partial charge in [0.15, 0.2) is 0 Å². The third-order valence-corrected chi connectivity index (χ3v) is 4.66. The van der Waals surface area contributed by atoms with E-state index in [1.807, 2.05) is 6.88 Å². The predicted molar refractivity (Wildman–Crippen MR) is 157 cm³/mol. The average Bonchev–Trinajstić information content (AvgIpc) is 3.55. The van der Waals surface area contributed by atoms with Crippen LogP contribution in [0, 0.1) is 49.5 Å². The molecule has 2 aromatic carbocycles. The molecule has 0 saturated heterocycles. The van der Waals surface area contributed by atoms with Gasteiger partial charge in [-0.25, -0.2) is 32.1 Å². The Morgan fingerprint density at radius 1 is 0.632 bits per heavy atom. The third kappa shape index (κ3) is 19.1. The van der Waals surface area contributed by atoms with Gasteiger partial charge in [0.2, 0.25) is 0 Å². The molecule has 6 heteroatoms. The zero-order chi connectivity index (χ0) is 27.8. The molecule has 2 aliphatic rings. The molecule has 0 fully saturated rings. The van der Waals surface area contributed by atoms with Crippen LogP contribution < -0.4 is 0 Å². The van der Waals surface area contributed by atoms with Crippen LogP contribution in [0.3, 0.4) is 0 Å². The van der Waals surface area contributed by atoms with E-state index in [9.17, 15) is 8.78 Å². The van der Waals surface area contributed by atoms with Gasteiger partial charge in [-0.3, -0.25) is 12.2 Å². The van der Waals surface area contributed by atoms with Crippen molar-refractivity contribution in [1.29, 1.82) is 0 Å². The van der Waals surface area contributed by atoms with Crippen LogP contribution >= 0.6 is 0 Å². The number of hydrogen-bond donors (Lipinski definition) is 2. The van der Waals surface area contributed by atoms with E-state index in [4.69, 9.17) is 10.2 Å². The van der Waals surface area contributed by atoms with Gasteiger partial charge < -0.3 is 25.1 Å². The zero-order valence-electron chi connectivity index (χ0n) is 24.2. The first-order valence-corrected chi connectivity index (χ1v) is 17.5.